The number of anilines is 1. The van der Waals surface area contributed by atoms with Crippen LogP contribution in [-0.2, 0) is 10.8 Å². The van der Waals surface area contributed by atoms with Gasteiger partial charge in [0.2, 0.25) is 10.9 Å². The Labute approximate surface area is 139 Å². The Morgan fingerprint density at radius 3 is 1.90 bits per heavy atom. The second-order valence-electron chi connectivity index (χ2n) is 6.48. The molecule has 0 bridgehead atoms. The third-order valence-corrected chi connectivity index (χ3v) is 5.36. The Morgan fingerprint density at radius 2 is 1.43 bits per heavy atom. The zero-order valence-corrected chi connectivity index (χ0v) is 15.2. The molecule has 21 heavy (non-hydrogen) atoms. The molecule has 0 aliphatic rings. The van der Waals surface area contributed by atoms with Crippen LogP contribution in [0.3, 0.4) is 0 Å². The molecule has 2 rings (SSSR count). The largest absolute Gasteiger partial charge is 0.314 e. The number of rotatable bonds is 4. The van der Waals surface area contributed by atoms with Crippen LogP contribution in [0.5, 0.6) is 0 Å². The minimum atomic E-state index is -0.436. The first kappa shape index (κ1) is 16.2. The summed E-state index contributed by atoms with van der Waals surface area (Å²) in [6.07, 6.45) is 0. The van der Waals surface area contributed by atoms with E-state index in [1.165, 1.54) is 0 Å². The summed E-state index contributed by atoms with van der Waals surface area (Å²) in [6.45, 7) is 8.33. The van der Waals surface area contributed by atoms with E-state index in [1.54, 1.807) is 10.2 Å². The quantitative estimate of drug-likeness (QED) is 0.451. The molecule has 0 N–H and O–H groups in total. The Kier molecular flexibility index (Phi) is 4.04. The SMILES string of the molecule is CN(I)c1c(C(C)(C)C(C)(C)c2ccccc2)c(=O)c1=O. The van der Waals surface area contributed by atoms with Crippen LogP contribution in [0.15, 0.2) is 39.9 Å². The molecule has 4 heteroatoms. The van der Waals surface area contributed by atoms with Gasteiger partial charge in [-0.25, -0.2) is 0 Å². The van der Waals surface area contributed by atoms with E-state index in [4.69, 9.17) is 0 Å². The van der Waals surface area contributed by atoms with E-state index >= 15 is 0 Å². The van der Waals surface area contributed by atoms with Gasteiger partial charge < -0.3 is 3.11 Å². The van der Waals surface area contributed by atoms with Crippen molar-refractivity contribution in [2.24, 2.45) is 0 Å². The zero-order chi connectivity index (χ0) is 16.0. The van der Waals surface area contributed by atoms with Crippen molar-refractivity contribution >= 4 is 28.6 Å². The molecule has 0 aliphatic heterocycles. The van der Waals surface area contributed by atoms with Gasteiger partial charge in [0.25, 0.3) is 0 Å². The first-order chi connectivity index (χ1) is 9.62. The molecule has 0 saturated heterocycles. The molecule has 0 heterocycles. The van der Waals surface area contributed by atoms with Gasteiger partial charge in [-0.05, 0) is 11.0 Å². The van der Waals surface area contributed by atoms with Crippen LogP contribution < -0.4 is 14.0 Å². The highest BCUT2D eigenvalue weighted by Gasteiger charge is 2.46. The van der Waals surface area contributed by atoms with Gasteiger partial charge in [-0.3, -0.25) is 9.59 Å². The molecule has 0 aromatic heterocycles. The molecule has 0 spiro atoms. The molecule has 0 unspecified atom stereocenters. The predicted molar refractivity (Wildman–Crippen MR) is 96.3 cm³/mol. The summed E-state index contributed by atoms with van der Waals surface area (Å²) in [5.74, 6) is 0. The summed E-state index contributed by atoms with van der Waals surface area (Å²) in [5.41, 5.74) is 0.908. The lowest BCUT2D eigenvalue weighted by molar-refractivity contribution is 0.300. The van der Waals surface area contributed by atoms with E-state index in [-0.39, 0.29) is 16.3 Å². The molecule has 0 fully saturated rings. The van der Waals surface area contributed by atoms with Crippen molar-refractivity contribution in [3.63, 3.8) is 0 Å². The zero-order valence-electron chi connectivity index (χ0n) is 13.0. The van der Waals surface area contributed by atoms with Crippen molar-refractivity contribution in [3.05, 3.63) is 61.9 Å². The summed E-state index contributed by atoms with van der Waals surface area (Å²) >= 11 is 2.05. The minimum absolute atomic E-state index is 0.266. The Bertz CT molecular complexity index is 723. The normalized spacial score (nSPS) is 12.7. The molecule has 3 nitrogen and oxygen atoms in total. The van der Waals surface area contributed by atoms with Crippen molar-refractivity contribution < 1.29 is 0 Å². The van der Waals surface area contributed by atoms with Crippen molar-refractivity contribution in [2.75, 3.05) is 10.2 Å². The van der Waals surface area contributed by atoms with Crippen molar-refractivity contribution in [1.82, 2.24) is 0 Å². The smallest absolute Gasteiger partial charge is 0.250 e. The van der Waals surface area contributed by atoms with E-state index in [0.717, 1.165) is 5.56 Å². The summed E-state index contributed by atoms with van der Waals surface area (Å²) in [6, 6.07) is 10.1. The first-order valence-electron chi connectivity index (χ1n) is 6.91. The van der Waals surface area contributed by atoms with E-state index in [9.17, 15) is 9.59 Å². The summed E-state index contributed by atoms with van der Waals surface area (Å²) in [7, 11) is 1.80. The first-order valence-corrected chi connectivity index (χ1v) is 7.87. The fourth-order valence-electron chi connectivity index (χ4n) is 2.78. The van der Waals surface area contributed by atoms with Gasteiger partial charge >= 0.3 is 0 Å². The van der Waals surface area contributed by atoms with Crippen LogP contribution in [0.25, 0.3) is 0 Å². The molecule has 2 aromatic rings. The molecule has 112 valence electrons. The average Bonchev–Trinajstić information content (AvgIpc) is 2.43. The molecule has 2 aromatic carbocycles. The van der Waals surface area contributed by atoms with E-state index < -0.39 is 5.41 Å². The highest BCUT2D eigenvalue weighted by atomic mass is 127. The molecular formula is C17H20INO2. The third kappa shape index (κ3) is 2.33. The fourth-order valence-corrected chi connectivity index (χ4v) is 3.24. The number of hydrogen-bond donors (Lipinski definition) is 0. The standard InChI is InChI=1S/C17H20INO2/c1-16(2,11-9-7-6-8-10-11)17(3,4)12-13(19(5)18)15(21)14(12)20/h6-10H,1-5H3. The molecule has 0 aliphatic carbocycles. The number of benzene rings is 1. The lowest BCUT2D eigenvalue weighted by Gasteiger charge is -2.44. The van der Waals surface area contributed by atoms with Gasteiger partial charge in [-0.1, -0.05) is 58.0 Å². The summed E-state index contributed by atoms with van der Waals surface area (Å²) in [5, 5.41) is 0. The number of halogens is 1. The maximum Gasteiger partial charge on any atom is 0.250 e. The van der Waals surface area contributed by atoms with Crippen molar-refractivity contribution in [3.8, 4) is 0 Å². The Balaban J connectivity index is 2.60. The highest BCUT2D eigenvalue weighted by Crippen LogP contribution is 2.45. The third-order valence-electron chi connectivity index (χ3n) is 4.88. The van der Waals surface area contributed by atoms with Gasteiger partial charge in [0.15, 0.2) is 0 Å². The van der Waals surface area contributed by atoms with Crippen LogP contribution in [-0.4, -0.2) is 7.05 Å². The van der Waals surface area contributed by atoms with Crippen molar-refractivity contribution in [1.29, 1.82) is 0 Å². The van der Waals surface area contributed by atoms with Crippen molar-refractivity contribution in [2.45, 2.75) is 38.5 Å². The molecular weight excluding hydrogens is 377 g/mol. The van der Waals surface area contributed by atoms with Gasteiger partial charge in [0.05, 0.1) is 22.9 Å². The maximum absolute atomic E-state index is 12.2. The molecule has 0 saturated carbocycles. The van der Waals surface area contributed by atoms with E-state index in [1.807, 2.05) is 54.9 Å². The van der Waals surface area contributed by atoms with E-state index in [2.05, 4.69) is 26.0 Å². The number of nitrogens with zero attached hydrogens (tertiary/aromatic N) is 1. The van der Waals surface area contributed by atoms with Gasteiger partial charge in [-0.15, -0.1) is 0 Å². The second-order valence-corrected chi connectivity index (χ2v) is 7.92. The average molecular weight is 397 g/mol. The van der Waals surface area contributed by atoms with Gasteiger partial charge in [-0.2, -0.15) is 0 Å². The lowest BCUT2D eigenvalue weighted by Crippen LogP contribution is -2.52. The Morgan fingerprint density at radius 1 is 0.905 bits per heavy atom. The van der Waals surface area contributed by atoms with Crippen LogP contribution in [0, 0.1) is 0 Å². The fraction of sp³-hybridized carbons (Fsp3) is 0.412. The monoisotopic (exact) mass is 397 g/mol. The minimum Gasteiger partial charge on any atom is -0.314 e. The Hall–Kier alpha value is -1.17. The van der Waals surface area contributed by atoms with Crippen LogP contribution in [0.4, 0.5) is 5.69 Å². The molecule has 0 atom stereocenters. The second kappa shape index (κ2) is 5.23. The lowest BCUT2D eigenvalue weighted by atomic mass is 9.59. The number of hydrogen-bond acceptors (Lipinski definition) is 3. The topological polar surface area (TPSA) is 37.4 Å². The predicted octanol–water partition coefficient (Wildman–Crippen LogP) is 3.32. The van der Waals surface area contributed by atoms with Gasteiger partial charge in [0, 0.05) is 18.0 Å². The molecule has 0 amide bonds. The maximum atomic E-state index is 12.2. The van der Waals surface area contributed by atoms with Crippen LogP contribution in [0.1, 0.15) is 38.8 Å². The summed E-state index contributed by atoms with van der Waals surface area (Å²) in [4.78, 5) is 24.0. The van der Waals surface area contributed by atoms with Crippen LogP contribution in [0.2, 0.25) is 0 Å². The summed E-state index contributed by atoms with van der Waals surface area (Å²) < 4.78 is 1.72. The van der Waals surface area contributed by atoms with E-state index in [0.29, 0.717) is 11.3 Å². The van der Waals surface area contributed by atoms with Crippen LogP contribution >= 0.6 is 22.9 Å². The highest BCUT2D eigenvalue weighted by molar-refractivity contribution is 14.1. The molecule has 0 radical (unpaired) electrons. The van der Waals surface area contributed by atoms with Gasteiger partial charge in [0.1, 0.15) is 5.69 Å².